The van der Waals surface area contributed by atoms with Crippen LogP contribution in [0.3, 0.4) is 0 Å². The van der Waals surface area contributed by atoms with E-state index in [9.17, 15) is 9.90 Å². The van der Waals surface area contributed by atoms with Gasteiger partial charge in [-0.2, -0.15) is 0 Å². The second-order valence-electron chi connectivity index (χ2n) is 5.16. The maximum absolute atomic E-state index is 11.6. The summed E-state index contributed by atoms with van der Waals surface area (Å²) in [6.07, 6.45) is 3.01. The van der Waals surface area contributed by atoms with Gasteiger partial charge < -0.3 is 5.11 Å². The number of nitrogens with zero attached hydrogens (tertiary/aromatic N) is 4. The normalized spacial score (nSPS) is 16.6. The highest BCUT2D eigenvalue weighted by molar-refractivity contribution is 5.78. The Morgan fingerprint density at radius 3 is 2.55 bits per heavy atom. The van der Waals surface area contributed by atoms with Gasteiger partial charge in [0.2, 0.25) is 0 Å². The van der Waals surface area contributed by atoms with Crippen LogP contribution >= 0.6 is 0 Å². The molecule has 1 aliphatic carbocycles. The van der Waals surface area contributed by atoms with Crippen LogP contribution in [0.5, 0.6) is 0 Å². The van der Waals surface area contributed by atoms with Crippen LogP contribution in [-0.2, 0) is 16.8 Å². The number of carbonyl (C=O) groups is 1. The summed E-state index contributed by atoms with van der Waals surface area (Å²) in [5.41, 5.74) is 1.10. The van der Waals surface area contributed by atoms with Gasteiger partial charge in [-0.1, -0.05) is 31.2 Å². The van der Waals surface area contributed by atoms with Gasteiger partial charge in [0.1, 0.15) is 0 Å². The number of aromatic nitrogens is 4. The van der Waals surface area contributed by atoms with Crippen molar-refractivity contribution in [3.8, 4) is 11.4 Å². The van der Waals surface area contributed by atoms with Crippen LogP contribution in [-0.4, -0.2) is 31.3 Å². The zero-order chi connectivity index (χ0) is 14.2. The molecule has 0 bridgehead atoms. The molecule has 1 heterocycles. The number of aliphatic carboxylic acids is 1. The van der Waals surface area contributed by atoms with Gasteiger partial charge in [-0.25, -0.2) is 9.48 Å². The fourth-order valence-electron chi connectivity index (χ4n) is 2.57. The number of carboxylic acids is 1. The molecule has 104 valence electrons. The zero-order valence-corrected chi connectivity index (χ0v) is 11.3. The topological polar surface area (TPSA) is 80.9 Å². The molecule has 0 aliphatic heterocycles. The van der Waals surface area contributed by atoms with E-state index in [0.717, 1.165) is 18.4 Å². The Balaban J connectivity index is 2.03. The quantitative estimate of drug-likeness (QED) is 0.918. The molecule has 0 spiro atoms. The first-order valence-electron chi connectivity index (χ1n) is 6.79. The van der Waals surface area contributed by atoms with Crippen LogP contribution in [0.15, 0.2) is 24.3 Å². The maximum Gasteiger partial charge on any atom is 0.331 e. The van der Waals surface area contributed by atoms with Crippen molar-refractivity contribution in [2.75, 3.05) is 0 Å². The molecule has 20 heavy (non-hydrogen) atoms. The molecule has 1 N–H and O–H groups in total. The zero-order valence-electron chi connectivity index (χ0n) is 11.3. The molecule has 6 nitrogen and oxygen atoms in total. The van der Waals surface area contributed by atoms with E-state index in [-0.39, 0.29) is 0 Å². The van der Waals surface area contributed by atoms with Crippen LogP contribution < -0.4 is 0 Å². The molecule has 0 unspecified atom stereocenters. The van der Waals surface area contributed by atoms with Crippen molar-refractivity contribution in [2.24, 2.45) is 0 Å². The summed E-state index contributed by atoms with van der Waals surface area (Å²) in [4.78, 5) is 11.6. The lowest BCUT2D eigenvalue weighted by molar-refractivity contribution is -0.153. The third-order valence-corrected chi connectivity index (χ3v) is 4.07. The van der Waals surface area contributed by atoms with Gasteiger partial charge in [-0.15, -0.1) is 5.10 Å². The molecule has 0 amide bonds. The van der Waals surface area contributed by atoms with E-state index >= 15 is 0 Å². The van der Waals surface area contributed by atoms with Gasteiger partial charge in [0, 0.05) is 5.56 Å². The first-order chi connectivity index (χ1) is 9.67. The Morgan fingerprint density at radius 1 is 1.35 bits per heavy atom. The average molecular weight is 272 g/mol. The Kier molecular flexibility index (Phi) is 3.00. The van der Waals surface area contributed by atoms with E-state index in [1.54, 1.807) is 0 Å². The Hall–Kier alpha value is -2.24. The predicted molar refractivity (Wildman–Crippen MR) is 72.1 cm³/mol. The van der Waals surface area contributed by atoms with Crippen LogP contribution in [0, 0.1) is 0 Å². The summed E-state index contributed by atoms with van der Waals surface area (Å²) < 4.78 is 1.47. The minimum atomic E-state index is -0.970. The van der Waals surface area contributed by atoms with E-state index in [4.69, 9.17) is 0 Å². The summed E-state index contributed by atoms with van der Waals surface area (Å²) in [6, 6.07) is 7.91. The molecular formula is C14H16N4O2. The Morgan fingerprint density at radius 2 is 2.05 bits per heavy atom. The molecule has 2 aromatic rings. The van der Waals surface area contributed by atoms with Crippen molar-refractivity contribution in [3.05, 3.63) is 29.8 Å². The lowest BCUT2D eigenvalue weighted by Gasteiger charge is -2.37. The molecule has 0 saturated heterocycles. The van der Waals surface area contributed by atoms with E-state index < -0.39 is 11.5 Å². The highest BCUT2D eigenvalue weighted by Gasteiger charge is 2.49. The van der Waals surface area contributed by atoms with Crippen LogP contribution in [0.1, 0.15) is 31.7 Å². The fraction of sp³-hybridized carbons (Fsp3) is 0.429. The highest BCUT2D eigenvalue weighted by Crippen LogP contribution is 2.40. The Bertz CT molecular complexity index is 629. The van der Waals surface area contributed by atoms with Gasteiger partial charge in [-0.05, 0) is 41.7 Å². The molecule has 1 aromatic carbocycles. The van der Waals surface area contributed by atoms with Crippen molar-refractivity contribution in [1.82, 2.24) is 20.2 Å². The number of aryl methyl sites for hydroxylation is 1. The van der Waals surface area contributed by atoms with E-state index in [0.29, 0.717) is 18.7 Å². The molecular weight excluding hydrogens is 256 g/mol. The maximum atomic E-state index is 11.6. The summed E-state index contributed by atoms with van der Waals surface area (Å²) in [7, 11) is 0. The number of tetrazole rings is 1. The molecule has 1 aliphatic rings. The third-order valence-electron chi connectivity index (χ3n) is 4.07. The van der Waals surface area contributed by atoms with E-state index in [1.165, 1.54) is 10.2 Å². The molecule has 0 atom stereocenters. The molecule has 0 radical (unpaired) electrons. The second-order valence-corrected chi connectivity index (χ2v) is 5.16. The summed E-state index contributed by atoms with van der Waals surface area (Å²) in [6.45, 7) is 2.09. The monoisotopic (exact) mass is 272 g/mol. The number of hydrogen-bond donors (Lipinski definition) is 1. The third kappa shape index (κ3) is 1.79. The van der Waals surface area contributed by atoms with Crippen LogP contribution in [0.2, 0.25) is 0 Å². The van der Waals surface area contributed by atoms with Crippen molar-refractivity contribution in [1.29, 1.82) is 0 Å². The van der Waals surface area contributed by atoms with E-state index in [2.05, 4.69) is 22.4 Å². The number of carboxylic acid groups (broad SMARTS) is 1. The highest BCUT2D eigenvalue weighted by atomic mass is 16.4. The lowest BCUT2D eigenvalue weighted by atomic mass is 9.76. The first kappa shape index (κ1) is 12.8. The molecule has 3 rings (SSSR count). The van der Waals surface area contributed by atoms with Crippen molar-refractivity contribution >= 4 is 5.97 Å². The number of hydrogen-bond acceptors (Lipinski definition) is 4. The van der Waals surface area contributed by atoms with Crippen molar-refractivity contribution in [2.45, 2.75) is 38.1 Å². The largest absolute Gasteiger partial charge is 0.479 e. The fourth-order valence-corrected chi connectivity index (χ4v) is 2.57. The number of rotatable bonds is 4. The summed E-state index contributed by atoms with van der Waals surface area (Å²) in [5.74, 6) is -0.336. The molecule has 1 aromatic heterocycles. The average Bonchev–Trinajstić information content (AvgIpc) is 2.87. The molecule has 6 heteroatoms. The minimum absolute atomic E-state index is 0.523. The van der Waals surface area contributed by atoms with Crippen LogP contribution in [0.4, 0.5) is 0 Å². The molecule has 1 saturated carbocycles. The first-order valence-corrected chi connectivity index (χ1v) is 6.79. The SMILES string of the molecule is CCc1ccc(-c2nnnn2C2(C(=O)O)CCC2)cc1. The smallest absolute Gasteiger partial charge is 0.331 e. The van der Waals surface area contributed by atoms with Gasteiger partial charge in [0.05, 0.1) is 0 Å². The summed E-state index contributed by atoms with van der Waals surface area (Å²) in [5, 5.41) is 21.1. The van der Waals surface area contributed by atoms with Gasteiger partial charge in [-0.3, -0.25) is 0 Å². The number of benzene rings is 1. The van der Waals surface area contributed by atoms with Crippen molar-refractivity contribution in [3.63, 3.8) is 0 Å². The van der Waals surface area contributed by atoms with E-state index in [1.807, 2.05) is 24.3 Å². The van der Waals surface area contributed by atoms with Gasteiger partial charge in [0.25, 0.3) is 0 Å². The minimum Gasteiger partial charge on any atom is -0.479 e. The van der Waals surface area contributed by atoms with Crippen LogP contribution in [0.25, 0.3) is 11.4 Å². The predicted octanol–water partition coefficient (Wildman–Crippen LogP) is 1.87. The standard InChI is InChI=1S/C14H16N4O2/c1-2-10-4-6-11(7-5-10)12-15-16-17-18(12)14(13(19)20)8-3-9-14/h4-7H,2-3,8-9H2,1H3,(H,19,20). The lowest BCUT2D eigenvalue weighted by Crippen LogP contribution is -2.48. The van der Waals surface area contributed by atoms with Gasteiger partial charge >= 0.3 is 5.97 Å². The second kappa shape index (κ2) is 4.70. The Labute approximate surface area is 116 Å². The van der Waals surface area contributed by atoms with Gasteiger partial charge in [0.15, 0.2) is 11.4 Å². The summed E-state index contributed by atoms with van der Waals surface area (Å²) >= 11 is 0. The van der Waals surface area contributed by atoms with Crippen molar-refractivity contribution < 1.29 is 9.90 Å². The molecule has 1 fully saturated rings.